The van der Waals surface area contributed by atoms with Crippen molar-refractivity contribution in [1.29, 1.82) is 0 Å². The van der Waals surface area contributed by atoms with Gasteiger partial charge in [-0.1, -0.05) is 19.3 Å². The molecule has 6 heteroatoms. The van der Waals surface area contributed by atoms with Gasteiger partial charge in [0.15, 0.2) is 0 Å². The number of aliphatic carboxylic acids is 1. The largest absolute Gasteiger partial charge is 0.480 e. The van der Waals surface area contributed by atoms with Crippen LogP contribution in [0.1, 0.15) is 38.5 Å². The predicted octanol–water partition coefficient (Wildman–Crippen LogP) is 0.798. The molecular weight excluding hydrogens is 236 g/mol. The van der Waals surface area contributed by atoms with Gasteiger partial charge in [0, 0.05) is 26.1 Å². The molecule has 1 aliphatic rings. The van der Waals surface area contributed by atoms with Crippen LogP contribution in [0.25, 0.3) is 0 Å². The van der Waals surface area contributed by atoms with Crippen molar-refractivity contribution in [2.45, 2.75) is 44.6 Å². The summed E-state index contributed by atoms with van der Waals surface area (Å²) in [6, 6.07) is -1.34. The second-order valence-corrected chi connectivity index (χ2v) is 4.61. The van der Waals surface area contributed by atoms with E-state index in [2.05, 4.69) is 5.32 Å². The Bertz CT molecular complexity index is 275. The average molecular weight is 258 g/mol. The van der Waals surface area contributed by atoms with E-state index in [1.54, 1.807) is 4.90 Å². The van der Waals surface area contributed by atoms with Gasteiger partial charge in [0.2, 0.25) is 0 Å². The molecule has 1 aliphatic heterocycles. The Morgan fingerprint density at radius 1 is 1.11 bits per heavy atom. The van der Waals surface area contributed by atoms with Crippen LogP contribution >= 0.6 is 0 Å². The SMILES string of the molecule is O=C(O)[C@H](CCO)NC(=O)N1CCCCCCC1. The second kappa shape index (κ2) is 7.92. The van der Waals surface area contributed by atoms with Crippen molar-refractivity contribution in [2.75, 3.05) is 19.7 Å². The van der Waals surface area contributed by atoms with E-state index in [0.29, 0.717) is 13.1 Å². The molecule has 1 heterocycles. The average Bonchev–Trinajstić information content (AvgIpc) is 2.27. The highest BCUT2D eigenvalue weighted by molar-refractivity contribution is 5.82. The summed E-state index contributed by atoms with van der Waals surface area (Å²) in [6.07, 6.45) is 5.40. The van der Waals surface area contributed by atoms with E-state index < -0.39 is 12.0 Å². The summed E-state index contributed by atoms with van der Waals surface area (Å²) in [4.78, 5) is 24.5. The monoisotopic (exact) mass is 258 g/mol. The Hall–Kier alpha value is -1.30. The summed E-state index contributed by atoms with van der Waals surface area (Å²) in [7, 11) is 0. The Labute approximate surface area is 107 Å². The molecule has 0 aliphatic carbocycles. The summed E-state index contributed by atoms with van der Waals surface area (Å²) < 4.78 is 0. The third-order valence-corrected chi connectivity index (χ3v) is 3.16. The number of likely N-dealkylation sites (tertiary alicyclic amines) is 1. The fraction of sp³-hybridized carbons (Fsp3) is 0.833. The fourth-order valence-electron chi connectivity index (χ4n) is 2.08. The van der Waals surface area contributed by atoms with Gasteiger partial charge in [-0.3, -0.25) is 0 Å². The molecule has 2 amide bonds. The number of amides is 2. The van der Waals surface area contributed by atoms with Crippen molar-refractivity contribution in [3.63, 3.8) is 0 Å². The Morgan fingerprint density at radius 3 is 2.17 bits per heavy atom. The minimum atomic E-state index is -1.11. The van der Waals surface area contributed by atoms with Crippen LogP contribution in [0.2, 0.25) is 0 Å². The Morgan fingerprint density at radius 2 is 1.67 bits per heavy atom. The molecule has 18 heavy (non-hydrogen) atoms. The number of carboxylic acid groups (broad SMARTS) is 1. The lowest BCUT2D eigenvalue weighted by molar-refractivity contribution is -0.139. The van der Waals surface area contributed by atoms with Gasteiger partial charge < -0.3 is 20.4 Å². The summed E-state index contributed by atoms with van der Waals surface area (Å²) in [5, 5.41) is 20.1. The van der Waals surface area contributed by atoms with Crippen molar-refractivity contribution in [2.24, 2.45) is 0 Å². The lowest BCUT2D eigenvalue weighted by Gasteiger charge is -2.26. The topological polar surface area (TPSA) is 89.9 Å². The number of aliphatic hydroxyl groups is 1. The zero-order valence-electron chi connectivity index (χ0n) is 10.6. The van der Waals surface area contributed by atoms with E-state index in [-0.39, 0.29) is 19.1 Å². The lowest BCUT2D eigenvalue weighted by atomic mass is 10.1. The van der Waals surface area contributed by atoms with E-state index in [1.165, 1.54) is 6.42 Å². The summed E-state index contributed by atoms with van der Waals surface area (Å²) in [6.45, 7) is 1.10. The van der Waals surface area contributed by atoms with E-state index in [4.69, 9.17) is 10.2 Å². The summed E-state index contributed by atoms with van der Waals surface area (Å²) in [5.41, 5.74) is 0. The third-order valence-electron chi connectivity index (χ3n) is 3.16. The molecule has 104 valence electrons. The highest BCUT2D eigenvalue weighted by Gasteiger charge is 2.22. The minimum Gasteiger partial charge on any atom is -0.480 e. The molecule has 0 aromatic heterocycles. The van der Waals surface area contributed by atoms with Crippen molar-refractivity contribution in [3.8, 4) is 0 Å². The van der Waals surface area contributed by atoms with Crippen LogP contribution in [0.5, 0.6) is 0 Å². The predicted molar refractivity (Wildman–Crippen MR) is 66.3 cm³/mol. The quantitative estimate of drug-likeness (QED) is 0.695. The van der Waals surface area contributed by atoms with Gasteiger partial charge in [-0.2, -0.15) is 0 Å². The molecule has 0 spiro atoms. The maximum absolute atomic E-state index is 11.9. The number of nitrogens with zero attached hydrogens (tertiary/aromatic N) is 1. The van der Waals surface area contributed by atoms with Crippen LogP contribution in [0.15, 0.2) is 0 Å². The third kappa shape index (κ3) is 4.91. The number of carbonyl (C=O) groups excluding carboxylic acids is 1. The van der Waals surface area contributed by atoms with Gasteiger partial charge in [0.1, 0.15) is 6.04 Å². The number of hydrogen-bond donors (Lipinski definition) is 3. The first-order valence-corrected chi connectivity index (χ1v) is 6.54. The first-order chi connectivity index (χ1) is 8.65. The molecule has 1 rings (SSSR count). The maximum atomic E-state index is 11.9. The van der Waals surface area contributed by atoms with Crippen LogP contribution in [-0.4, -0.2) is 52.9 Å². The smallest absolute Gasteiger partial charge is 0.326 e. The molecule has 0 aromatic rings. The molecule has 1 saturated heterocycles. The Kier molecular flexibility index (Phi) is 6.49. The van der Waals surface area contributed by atoms with Crippen LogP contribution in [-0.2, 0) is 4.79 Å². The number of urea groups is 1. The van der Waals surface area contributed by atoms with Crippen molar-refractivity contribution in [3.05, 3.63) is 0 Å². The zero-order valence-corrected chi connectivity index (χ0v) is 10.6. The molecule has 0 aromatic carbocycles. The van der Waals surface area contributed by atoms with Crippen molar-refractivity contribution < 1.29 is 19.8 Å². The molecule has 6 nitrogen and oxygen atoms in total. The molecule has 0 saturated carbocycles. The van der Waals surface area contributed by atoms with Gasteiger partial charge in [0.25, 0.3) is 0 Å². The van der Waals surface area contributed by atoms with E-state index in [0.717, 1.165) is 25.7 Å². The zero-order chi connectivity index (χ0) is 13.4. The minimum absolute atomic E-state index is 0.0366. The van der Waals surface area contributed by atoms with E-state index >= 15 is 0 Å². The van der Waals surface area contributed by atoms with Gasteiger partial charge in [-0.15, -0.1) is 0 Å². The summed E-state index contributed by atoms with van der Waals surface area (Å²) in [5.74, 6) is -1.11. The van der Waals surface area contributed by atoms with Gasteiger partial charge in [-0.05, 0) is 12.8 Å². The van der Waals surface area contributed by atoms with Gasteiger partial charge in [-0.25, -0.2) is 9.59 Å². The molecule has 0 radical (unpaired) electrons. The van der Waals surface area contributed by atoms with Crippen molar-refractivity contribution >= 4 is 12.0 Å². The number of carboxylic acids is 1. The Balaban J connectivity index is 2.47. The number of rotatable bonds is 4. The van der Waals surface area contributed by atoms with E-state index in [1.807, 2.05) is 0 Å². The molecule has 0 bridgehead atoms. The molecule has 1 fully saturated rings. The fourth-order valence-corrected chi connectivity index (χ4v) is 2.08. The van der Waals surface area contributed by atoms with Gasteiger partial charge in [0.05, 0.1) is 0 Å². The second-order valence-electron chi connectivity index (χ2n) is 4.61. The highest BCUT2D eigenvalue weighted by atomic mass is 16.4. The summed E-state index contributed by atoms with van der Waals surface area (Å²) >= 11 is 0. The number of carbonyl (C=O) groups is 2. The maximum Gasteiger partial charge on any atom is 0.326 e. The first-order valence-electron chi connectivity index (χ1n) is 6.54. The number of aliphatic hydroxyl groups excluding tert-OH is 1. The first kappa shape index (κ1) is 14.8. The molecular formula is C12H22N2O4. The normalized spacial score (nSPS) is 18.6. The van der Waals surface area contributed by atoms with Crippen LogP contribution in [0.3, 0.4) is 0 Å². The highest BCUT2D eigenvalue weighted by Crippen LogP contribution is 2.10. The van der Waals surface area contributed by atoms with Gasteiger partial charge >= 0.3 is 12.0 Å². The number of hydrogen-bond acceptors (Lipinski definition) is 3. The van der Waals surface area contributed by atoms with E-state index in [9.17, 15) is 9.59 Å². The van der Waals surface area contributed by atoms with Crippen LogP contribution in [0, 0.1) is 0 Å². The van der Waals surface area contributed by atoms with Crippen LogP contribution in [0.4, 0.5) is 4.79 Å². The molecule has 3 N–H and O–H groups in total. The van der Waals surface area contributed by atoms with Crippen LogP contribution < -0.4 is 5.32 Å². The standard InChI is InChI=1S/C12H22N2O4/c15-9-6-10(11(16)17)13-12(18)14-7-4-2-1-3-5-8-14/h10,15H,1-9H2,(H,13,18)(H,16,17)/t10-/m0/s1. The number of nitrogens with one attached hydrogen (secondary N) is 1. The van der Waals surface area contributed by atoms with Crippen molar-refractivity contribution in [1.82, 2.24) is 10.2 Å². The molecule has 1 atom stereocenters. The molecule has 0 unspecified atom stereocenters. The lowest BCUT2D eigenvalue weighted by Crippen LogP contribution is -2.49.